The number of amides is 1. The van der Waals surface area contributed by atoms with Gasteiger partial charge in [0.15, 0.2) is 0 Å². The molecule has 0 saturated heterocycles. The van der Waals surface area contributed by atoms with E-state index in [2.05, 4.69) is 13.8 Å². The largest absolute Gasteiger partial charge is 0.397 e. The number of hydrogen-bond donors (Lipinski definition) is 1. The minimum absolute atomic E-state index is 0.106. The van der Waals surface area contributed by atoms with Crippen molar-refractivity contribution in [2.45, 2.75) is 39.7 Å². The second kappa shape index (κ2) is 5.04. The lowest BCUT2D eigenvalue weighted by atomic mass is 10.3. The molecule has 0 radical (unpaired) electrons. The van der Waals surface area contributed by atoms with Crippen LogP contribution in [0.1, 0.15) is 50.1 Å². The molecule has 0 atom stereocenters. The Morgan fingerprint density at radius 3 is 2.72 bits per heavy atom. The molecule has 2 rings (SSSR count). The van der Waals surface area contributed by atoms with Crippen LogP contribution in [0.2, 0.25) is 0 Å². The van der Waals surface area contributed by atoms with Gasteiger partial charge in [0.25, 0.3) is 5.91 Å². The zero-order valence-electron chi connectivity index (χ0n) is 11.5. The highest BCUT2D eigenvalue weighted by Crippen LogP contribution is 2.30. The van der Waals surface area contributed by atoms with Crippen LogP contribution in [0.3, 0.4) is 0 Å². The van der Waals surface area contributed by atoms with E-state index in [1.54, 1.807) is 6.07 Å². The van der Waals surface area contributed by atoms with E-state index >= 15 is 0 Å². The molecule has 0 unspecified atom stereocenters. The van der Waals surface area contributed by atoms with Crippen LogP contribution >= 0.6 is 0 Å². The normalized spacial score (nSPS) is 15.1. The van der Waals surface area contributed by atoms with Gasteiger partial charge in [-0.15, -0.1) is 0 Å². The highest BCUT2D eigenvalue weighted by Gasteiger charge is 2.27. The Morgan fingerprint density at radius 2 is 2.22 bits per heavy atom. The second-order valence-corrected chi connectivity index (χ2v) is 5.45. The van der Waals surface area contributed by atoms with E-state index in [1.165, 1.54) is 12.8 Å². The van der Waals surface area contributed by atoms with Crippen LogP contribution < -0.4 is 5.73 Å². The smallest absolute Gasteiger partial charge is 0.270 e. The van der Waals surface area contributed by atoms with Gasteiger partial charge in [-0.1, -0.05) is 0 Å². The summed E-state index contributed by atoms with van der Waals surface area (Å²) in [6.45, 7) is 7.81. The van der Waals surface area contributed by atoms with E-state index in [-0.39, 0.29) is 11.9 Å². The predicted molar refractivity (Wildman–Crippen MR) is 73.5 cm³/mol. The van der Waals surface area contributed by atoms with Gasteiger partial charge in [0.1, 0.15) is 5.69 Å². The lowest BCUT2D eigenvalue weighted by molar-refractivity contribution is 0.0744. The van der Waals surface area contributed by atoms with Crippen LogP contribution in [0, 0.1) is 5.92 Å². The molecule has 1 aliphatic rings. The second-order valence-electron chi connectivity index (χ2n) is 5.45. The first-order valence-electron chi connectivity index (χ1n) is 6.79. The maximum atomic E-state index is 12.5. The molecule has 1 saturated carbocycles. The van der Waals surface area contributed by atoms with Crippen LogP contribution in [0.4, 0.5) is 5.69 Å². The van der Waals surface area contributed by atoms with Crippen molar-refractivity contribution in [1.82, 2.24) is 9.47 Å². The van der Waals surface area contributed by atoms with Gasteiger partial charge in [-0.2, -0.15) is 0 Å². The number of rotatable bonds is 5. The van der Waals surface area contributed by atoms with Crippen molar-refractivity contribution >= 4 is 11.6 Å². The summed E-state index contributed by atoms with van der Waals surface area (Å²) in [5.74, 6) is 0.823. The summed E-state index contributed by atoms with van der Waals surface area (Å²) in [7, 11) is 0. The first-order valence-corrected chi connectivity index (χ1v) is 6.79. The molecule has 18 heavy (non-hydrogen) atoms. The van der Waals surface area contributed by atoms with E-state index in [1.807, 2.05) is 22.6 Å². The van der Waals surface area contributed by atoms with Crippen LogP contribution in [0.5, 0.6) is 0 Å². The Labute approximate surface area is 109 Å². The Bertz CT molecular complexity index is 432. The number of carbonyl (C=O) groups excluding carboxylic acids is 1. The van der Waals surface area contributed by atoms with Gasteiger partial charge in [-0.3, -0.25) is 4.79 Å². The lowest BCUT2D eigenvalue weighted by Gasteiger charge is -2.22. The van der Waals surface area contributed by atoms with Crippen LogP contribution in [0.15, 0.2) is 12.3 Å². The first-order chi connectivity index (χ1) is 8.52. The molecule has 100 valence electrons. The molecule has 1 aromatic heterocycles. The number of aromatic nitrogens is 1. The third-order valence-electron chi connectivity index (χ3n) is 3.49. The Morgan fingerprint density at radius 1 is 1.56 bits per heavy atom. The molecular formula is C14H23N3O. The fraction of sp³-hybridized carbons (Fsp3) is 0.643. The Balaban J connectivity index is 2.19. The van der Waals surface area contributed by atoms with Crippen molar-refractivity contribution in [3.63, 3.8) is 0 Å². The summed E-state index contributed by atoms with van der Waals surface area (Å²) in [6, 6.07) is 2.04. The van der Waals surface area contributed by atoms with Gasteiger partial charge in [0.05, 0.1) is 5.69 Å². The molecule has 0 aliphatic heterocycles. The zero-order valence-corrected chi connectivity index (χ0v) is 11.5. The molecule has 0 aromatic carbocycles. The number of nitrogens with zero attached hydrogens (tertiary/aromatic N) is 2. The Hall–Kier alpha value is -1.45. The summed E-state index contributed by atoms with van der Waals surface area (Å²) in [4.78, 5) is 14.5. The molecule has 1 fully saturated rings. The van der Waals surface area contributed by atoms with Crippen molar-refractivity contribution < 1.29 is 4.79 Å². The van der Waals surface area contributed by atoms with Crippen molar-refractivity contribution in [2.75, 3.05) is 18.8 Å². The fourth-order valence-electron chi connectivity index (χ4n) is 2.23. The molecule has 4 nitrogen and oxygen atoms in total. The molecule has 0 bridgehead atoms. The molecule has 1 aliphatic carbocycles. The van der Waals surface area contributed by atoms with Gasteiger partial charge in [0.2, 0.25) is 0 Å². The number of nitrogen functional groups attached to an aromatic ring is 1. The average Bonchev–Trinajstić information content (AvgIpc) is 3.05. The summed E-state index contributed by atoms with van der Waals surface area (Å²) < 4.78 is 1.97. The monoisotopic (exact) mass is 249 g/mol. The van der Waals surface area contributed by atoms with Gasteiger partial charge in [-0.05, 0) is 45.6 Å². The molecule has 2 N–H and O–H groups in total. The maximum Gasteiger partial charge on any atom is 0.270 e. The van der Waals surface area contributed by atoms with E-state index in [4.69, 9.17) is 5.73 Å². The van der Waals surface area contributed by atoms with E-state index in [0.29, 0.717) is 17.3 Å². The maximum absolute atomic E-state index is 12.5. The fourth-order valence-corrected chi connectivity index (χ4v) is 2.23. The van der Waals surface area contributed by atoms with E-state index in [9.17, 15) is 4.79 Å². The molecule has 1 heterocycles. The van der Waals surface area contributed by atoms with Gasteiger partial charge >= 0.3 is 0 Å². The SMILES string of the molecule is CCN(CC1CC1)C(=O)c1cc(N)cn1C(C)C. The van der Waals surface area contributed by atoms with Crippen molar-refractivity contribution in [2.24, 2.45) is 5.92 Å². The highest BCUT2D eigenvalue weighted by molar-refractivity contribution is 5.94. The van der Waals surface area contributed by atoms with Gasteiger partial charge in [-0.25, -0.2) is 0 Å². The third-order valence-corrected chi connectivity index (χ3v) is 3.49. The van der Waals surface area contributed by atoms with Crippen LogP contribution in [-0.2, 0) is 0 Å². The third kappa shape index (κ3) is 2.68. The van der Waals surface area contributed by atoms with Gasteiger partial charge < -0.3 is 15.2 Å². The molecular weight excluding hydrogens is 226 g/mol. The molecule has 0 spiro atoms. The number of anilines is 1. The van der Waals surface area contributed by atoms with Crippen LogP contribution in [-0.4, -0.2) is 28.5 Å². The van der Waals surface area contributed by atoms with Crippen molar-refractivity contribution in [3.8, 4) is 0 Å². The van der Waals surface area contributed by atoms with Crippen molar-refractivity contribution in [1.29, 1.82) is 0 Å². The van der Waals surface area contributed by atoms with Crippen molar-refractivity contribution in [3.05, 3.63) is 18.0 Å². The topological polar surface area (TPSA) is 51.3 Å². The Kier molecular flexibility index (Phi) is 3.64. The molecule has 1 aromatic rings. The standard InChI is InChI=1S/C14H23N3O/c1-4-16(8-11-5-6-11)14(18)13-7-12(15)9-17(13)10(2)3/h7,9-11H,4-6,8,15H2,1-3H3. The van der Waals surface area contributed by atoms with E-state index < -0.39 is 0 Å². The number of nitrogens with two attached hydrogens (primary N) is 1. The number of carbonyl (C=O) groups is 1. The summed E-state index contributed by atoms with van der Waals surface area (Å²) >= 11 is 0. The lowest BCUT2D eigenvalue weighted by Crippen LogP contribution is -2.34. The highest BCUT2D eigenvalue weighted by atomic mass is 16.2. The summed E-state index contributed by atoms with van der Waals surface area (Å²) in [6.07, 6.45) is 4.37. The minimum atomic E-state index is 0.106. The van der Waals surface area contributed by atoms with E-state index in [0.717, 1.165) is 13.1 Å². The average molecular weight is 249 g/mol. The molecule has 1 amide bonds. The van der Waals surface area contributed by atoms with Crippen LogP contribution in [0.25, 0.3) is 0 Å². The summed E-state index contributed by atoms with van der Waals surface area (Å²) in [5.41, 5.74) is 7.19. The summed E-state index contributed by atoms with van der Waals surface area (Å²) in [5, 5.41) is 0. The predicted octanol–water partition coefficient (Wildman–Crippen LogP) is 2.52. The minimum Gasteiger partial charge on any atom is -0.397 e. The van der Waals surface area contributed by atoms with Gasteiger partial charge in [0, 0.05) is 25.3 Å². The zero-order chi connectivity index (χ0) is 13.3. The first kappa shape index (κ1) is 13.0. The molecule has 4 heteroatoms. The number of hydrogen-bond acceptors (Lipinski definition) is 2. The quantitative estimate of drug-likeness (QED) is 0.871.